The highest BCUT2D eigenvalue weighted by Crippen LogP contribution is 2.27. The zero-order valence-corrected chi connectivity index (χ0v) is 11.9. The van der Waals surface area contributed by atoms with Crippen LogP contribution in [0.15, 0.2) is 6.07 Å². The number of nitrogens with two attached hydrogens (primary N) is 1. The average molecular weight is 252 g/mol. The maximum absolute atomic E-state index is 5.71. The highest BCUT2D eigenvalue weighted by Gasteiger charge is 2.22. The predicted molar refractivity (Wildman–Crippen MR) is 75.3 cm³/mol. The molecule has 0 bridgehead atoms. The van der Waals surface area contributed by atoms with Gasteiger partial charge >= 0.3 is 0 Å². The van der Waals surface area contributed by atoms with Crippen molar-refractivity contribution >= 4 is 11.3 Å². The Kier molecular flexibility index (Phi) is 4.60. The molecule has 96 valence electrons. The van der Waals surface area contributed by atoms with E-state index in [0.29, 0.717) is 6.54 Å². The molecule has 0 radical (unpaired) electrons. The molecule has 1 saturated carbocycles. The maximum atomic E-state index is 5.71. The molecule has 2 nitrogen and oxygen atoms in total. The van der Waals surface area contributed by atoms with Crippen molar-refractivity contribution in [1.82, 2.24) is 4.90 Å². The largest absolute Gasteiger partial charge is 0.326 e. The summed E-state index contributed by atoms with van der Waals surface area (Å²) in [5, 5.41) is 0. The van der Waals surface area contributed by atoms with Gasteiger partial charge in [-0.05, 0) is 37.9 Å². The summed E-state index contributed by atoms with van der Waals surface area (Å²) in [5.74, 6) is 0. The topological polar surface area (TPSA) is 29.3 Å². The van der Waals surface area contributed by atoms with Crippen molar-refractivity contribution in [2.45, 2.75) is 58.7 Å². The third-order valence-corrected chi connectivity index (χ3v) is 5.01. The normalized spacial score (nSPS) is 17.2. The summed E-state index contributed by atoms with van der Waals surface area (Å²) in [6, 6.07) is 3.12. The minimum Gasteiger partial charge on any atom is -0.326 e. The summed E-state index contributed by atoms with van der Waals surface area (Å²) >= 11 is 1.86. The molecule has 1 aromatic rings. The van der Waals surface area contributed by atoms with Crippen LogP contribution in [0.25, 0.3) is 0 Å². The number of thiophene rings is 1. The van der Waals surface area contributed by atoms with E-state index in [1.807, 2.05) is 11.3 Å². The summed E-state index contributed by atoms with van der Waals surface area (Å²) in [7, 11) is 0. The molecular weight excluding hydrogens is 228 g/mol. The second-order valence-corrected chi connectivity index (χ2v) is 6.34. The highest BCUT2D eigenvalue weighted by molar-refractivity contribution is 7.12. The highest BCUT2D eigenvalue weighted by atomic mass is 32.1. The summed E-state index contributed by atoms with van der Waals surface area (Å²) < 4.78 is 0. The van der Waals surface area contributed by atoms with E-state index in [0.717, 1.165) is 19.1 Å². The zero-order chi connectivity index (χ0) is 12.3. The van der Waals surface area contributed by atoms with Crippen LogP contribution in [0.5, 0.6) is 0 Å². The monoisotopic (exact) mass is 252 g/mol. The van der Waals surface area contributed by atoms with E-state index in [1.54, 1.807) is 0 Å². The molecule has 0 amide bonds. The minimum absolute atomic E-state index is 0.682. The van der Waals surface area contributed by atoms with E-state index in [4.69, 9.17) is 5.73 Å². The predicted octanol–water partition coefficient (Wildman–Crippen LogP) is 3.28. The van der Waals surface area contributed by atoms with Gasteiger partial charge < -0.3 is 5.73 Å². The first-order valence-electron chi connectivity index (χ1n) is 6.77. The molecule has 3 heteroatoms. The first-order chi connectivity index (χ1) is 8.24. The molecule has 1 aromatic heterocycles. The van der Waals surface area contributed by atoms with Gasteiger partial charge in [0.2, 0.25) is 0 Å². The van der Waals surface area contributed by atoms with Gasteiger partial charge in [-0.3, -0.25) is 4.90 Å². The van der Waals surface area contributed by atoms with Crippen LogP contribution in [-0.4, -0.2) is 17.5 Å². The molecule has 0 atom stereocenters. The molecule has 0 saturated heterocycles. The van der Waals surface area contributed by atoms with Crippen molar-refractivity contribution in [3.05, 3.63) is 21.4 Å². The third-order valence-electron chi connectivity index (χ3n) is 3.89. The van der Waals surface area contributed by atoms with Crippen molar-refractivity contribution in [3.63, 3.8) is 0 Å². The van der Waals surface area contributed by atoms with Gasteiger partial charge in [-0.1, -0.05) is 19.8 Å². The lowest BCUT2D eigenvalue weighted by atomic mass is 10.1. The maximum Gasteiger partial charge on any atom is 0.0274 e. The molecule has 0 spiro atoms. The van der Waals surface area contributed by atoms with Crippen molar-refractivity contribution in [2.75, 3.05) is 6.54 Å². The van der Waals surface area contributed by atoms with Crippen molar-refractivity contribution < 1.29 is 0 Å². The van der Waals surface area contributed by atoms with Crippen molar-refractivity contribution in [2.24, 2.45) is 5.73 Å². The Morgan fingerprint density at radius 2 is 2.12 bits per heavy atom. The van der Waals surface area contributed by atoms with Gasteiger partial charge in [-0.25, -0.2) is 0 Å². The standard InChI is InChI=1S/C14H24N2S/c1-3-16(13-6-4-5-7-13)10-12-8-14(9-15)17-11(12)2/h8,13H,3-7,9-10,15H2,1-2H3. The van der Waals surface area contributed by atoms with Crippen LogP contribution >= 0.6 is 11.3 Å². The van der Waals surface area contributed by atoms with E-state index in [9.17, 15) is 0 Å². The summed E-state index contributed by atoms with van der Waals surface area (Å²) in [6.45, 7) is 7.47. The molecule has 0 aromatic carbocycles. The Hall–Kier alpha value is -0.380. The van der Waals surface area contributed by atoms with Gasteiger partial charge in [0.1, 0.15) is 0 Å². The Labute approximate surface area is 109 Å². The quantitative estimate of drug-likeness (QED) is 0.871. The molecule has 1 aliphatic carbocycles. The molecule has 1 heterocycles. The number of hydrogen-bond acceptors (Lipinski definition) is 3. The Morgan fingerprint density at radius 1 is 1.41 bits per heavy atom. The van der Waals surface area contributed by atoms with Gasteiger partial charge in [0.25, 0.3) is 0 Å². The SMILES string of the molecule is CCN(Cc1cc(CN)sc1C)C1CCCC1. The second-order valence-electron chi connectivity index (χ2n) is 5.00. The van der Waals surface area contributed by atoms with E-state index in [1.165, 1.54) is 41.0 Å². The molecule has 2 rings (SSSR count). The van der Waals surface area contributed by atoms with Crippen molar-refractivity contribution in [1.29, 1.82) is 0 Å². The van der Waals surface area contributed by atoms with E-state index in [-0.39, 0.29) is 0 Å². The van der Waals surface area contributed by atoms with Crippen LogP contribution in [0.2, 0.25) is 0 Å². The Balaban J connectivity index is 2.03. The first kappa shape index (κ1) is 13.1. The van der Waals surface area contributed by atoms with Crippen LogP contribution < -0.4 is 5.73 Å². The fraction of sp³-hybridized carbons (Fsp3) is 0.714. The molecule has 1 fully saturated rings. The summed E-state index contributed by atoms with van der Waals surface area (Å²) in [5.41, 5.74) is 7.20. The number of nitrogens with zero attached hydrogens (tertiary/aromatic N) is 1. The first-order valence-corrected chi connectivity index (χ1v) is 7.58. The van der Waals surface area contributed by atoms with E-state index < -0.39 is 0 Å². The lowest BCUT2D eigenvalue weighted by Gasteiger charge is -2.27. The smallest absolute Gasteiger partial charge is 0.0274 e. The van der Waals surface area contributed by atoms with E-state index in [2.05, 4.69) is 24.8 Å². The van der Waals surface area contributed by atoms with Crippen LogP contribution in [0.4, 0.5) is 0 Å². The lowest BCUT2D eigenvalue weighted by Crippen LogP contribution is -2.32. The molecule has 17 heavy (non-hydrogen) atoms. The fourth-order valence-corrected chi connectivity index (χ4v) is 3.76. The van der Waals surface area contributed by atoms with Gasteiger partial charge in [0.05, 0.1) is 0 Å². The molecule has 1 aliphatic rings. The molecular formula is C14H24N2S. The van der Waals surface area contributed by atoms with Crippen LogP contribution in [0.3, 0.4) is 0 Å². The van der Waals surface area contributed by atoms with Crippen molar-refractivity contribution in [3.8, 4) is 0 Å². The van der Waals surface area contributed by atoms with Gasteiger partial charge in [0, 0.05) is 28.9 Å². The van der Waals surface area contributed by atoms with Gasteiger partial charge in [-0.2, -0.15) is 0 Å². The summed E-state index contributed by atoms with van der Waals surface area (Å²) in [4.78, 5) is 5.41. The molecule has 0 aliphatic heterocycles. The third kappa shape index (κ3) is 3.09. The Morgan fingerprint density at radius 3 is 2.65 bits per heavy atom. The second kappa shape index (κ2) is 5.98. The number of rotatable bonds is 5. The zero-order valence-electron chi connectivity index (χ0n) is 11.0. The van der Waals surface area contributed by atoms with Gasteiger partial charge in [-0.15, -0.1) is 11.3 Å². The van der Waals surface area contributed by atoms with Gasteiger partial charge in [0.15, 0.2) is 0 Å². The number of hydrogen-bond donors (Lipinski definition) is 1. The summed E-state index contributed by atoms with van der Waals surface area (Å²) in [6.07, 6.45) is 5.61. The molecule has 0 unspecified atom stereocenters. The Bertz CT molecular complexity index is 353. The lowest BCUT2D eigenvalue weighted by molar-refractivity contribution is 0.200. The molecule has 2 N–H and O–H groups in total. The minimum atomic E-state index is 0.682. The van der Waals surface area contributed by atoms with Crippen LogP contribution in [0, 0.1) is 6.92 Å². The van der Waals surface area contributed by atoms with Crippen LogP contribution in [-0.2, 0) is 13.1 Å². The van der Waals surface area contributed by atoms with E-state index >= 15 is 0 Å². The fourth-order valence-electron chi connectivity index (χ4n) is 2.83. The average Bonchev–Trinajstić information content (AvgIpc) is 2.96. The van der Waals surface area contributed by atoms with Crippen LogP contribution in [0.1, 0.15) is 47.9 Å². The number of aryl methyl sites for hydroxylation is 1.